The van der Waals surface area contributed by atoms with Crippen molar-refractivity contribution < 1.29 is 28.6 Å². The maximum Gasteiger partial charge on any atom is 0.338 e. The van der Waals surface area contributed by atoms with Crippen LogP contribution in [-0.4, -0.2) is 29.6 Å². The quantitative estimate of drug-likeness (QED) is 0.334. The predicted octanol–water partition coefficient (Wildman–Crippen LogP) is 3.02. The highest BCUT2D eigenvalue weighted by molar-refractivity contribution is 9.10. The van der Waals surface area contributed by atoms with Crippen LogP contribution in [0.2, 0.25) is 0 Å². The number of carbonyl (C=O) groups excluding carboxylic acids is 3. The number of esters is 3. The van der Waals surface area contributed by atoms with Gasteiger partial charge in [-0.3, -0.25) is 19.0 Å². The van der Waals surface area contributed by atoms with E-state index in [0.717, 1.165) is 15.8 Å². The van der Waals surface area contributed by atoms with Gasteiger partial charge < -0.3 is 14.2 Å². The first-order valence-corrected chi connectivity index (χ1v) is 12.6. The van der Waals surface area contributed by atoms with Crippen LogP contribution in [0.15, 0.2) is 68.0 Å². The average molecular weight is 585 g/mol. The van der Waals surface area contributed by atoms with E-state index in [-0.39, 0.29) is 11.1 Å². The Morgan fingerprint density at radius 2 is 1.73 bits per heavy atom. The summed E-state index contributed by atoms with van der Waals surface area (Å²) in [4.78, 5) is 54.3. The predicted molar refractivity (Wildman–Crippen MR) is 139 cm³/mol. The fourth-order valence-corrected chi connectivity index (χ4v) is 5.33. The molecule has 3 aromatic rings. The minimum Gasteiger partial charge on any atom is -0.466 e. The number of thiazole rings is 1. The van der Waals surface area contributed by atoms with Gasteiger partial charge in [0.25, 0.3) is 5.56 Å². The van der Waals surface area contributed by atoms with Crippen LogP contribution in [0.1, 0.15) is 37.9 Å². The van der Waals surface area contributed by atoms with Gasteiger partial charge in [-0.25, -0.2) is 9.79 Å². The number of fused-ring (bicyclic) bond motifs is 1. The number of methoxy groups -OCH3 is 1. The Labute approximate surface area is 223 Å². The number of rotatable bonds is 5. The zero-order chi connectivity index (χ0) is 26.9. The standard InChI is InChI=1S/C26H21BrN2O7S/c1-13-22(25(33)34-4)23(16-5-8-19(9-6-16)35-14(2)30)29-24(32)21(37-26(29)28-13)12-17-11-18(27)7-10-20(17)36-15(3)31/h5-12,23H,1-4H3/b21-12+/t23-/m1/s1. The molecule has 0 spiro atoms. The fraction of sp³-hybridized carbons (Fsp3) is 0.192. The Bertz CT molecular complexity index is 1630. The van der Waals surface area contributed by atoms with E-state index in [4.69, 9.17) is 14.2 Å². The molecule has 2 heterocycles. The molecule has 0 unspecified atom stereocenters. The Hall–Kier alpha value is -3.83. The van der Waals surface area contributed by atoms with Crippen molar-refractivity contribution in [3.05, 3.63) is 89.0 Å². The van der Waals surface area contributed by atoms with Gasteiger partial charge in [-0.2, -0.15) is 0 Å². The van der Waals surface area contributed by atoms with Gasteiger partial charge in [-0.1, -0.05) is 39.4 Å². The number of hydrogen-bond acceptors (Lipinski definition) is 9. The number of aromatic nitrogens is 1. The van der Waals surface area contributed by atoms with Crippen molar-refractivity contribution >= 4 is 51.3 Å². The lowest BCUT2D eigenvalue weighted by atomic mass is 9.96. The summed E-state index contributed by atoms with van der Waals surface area (Å²) in [5.41, 5.74) is 1.35. The first-order valence-electron chi connectivity index (χ1n) is 11.0. The van der Waals surface area contributed by atoms with E-state index in [0.29, 0.717) is 37.7 Å². The van der Waals surface area contributed by atoms with Crippen molar-refractivity contribution in [2.45, 2.75) is 26.8 Å². The Morgan fingerprint density at radius 1 is 1.05 bits per heavy atom. The van der Waals surface area contributed by atoms with Gasteiger partial charge in [0.05, 0.1) is 29.0 Å². The third-order valence-corrected chi connectivity index (χ3v) is 6.87. The summed E-state index contributed by atoms with van der Waals surface area (Å²) in [5.74, 6) is -0.947. The second kappa shape index (κ2) is 10.7. The van der Waals surface area contributed by atoms with Crippen molar-refractivity contribution in [3.8, 4) is 11.5 Å². The number of benzene rings is 2. The topological polar surface area (TPSA) is 113 Å². The number of hydrogen-bond donors (Lipinski definition) is 0. The van der Waals surface area contributed by atoms with E-state index >= 15 is 0 Å². The van der Waals surface area contributed by atoms with Crippen molar-refractivity contribution in [2.24, 2.45) is 4.99 Å². The normalized spacial score (nSPS) is 15.1. The van der Waals surface area contributed by atoms with Crippen molar-refractivity contribution in [2.75, 3.05) is 7.11 Å². The molecule has 0 fully saturated rings. The molecule has 1 aliphatic rings. The summed E-state index contributed by atoms with van der Waals surface area (Å²) in [5, 5.41) is 0. The SMILES string of the molecule is COC(=O)C1=C(C)N=c2s/c(=C/c3cc(Br)ccc3OC(C)=O)c(=O)n2[C@@H]1c1ccc(OC(C)=O)cc1. The zero-order valence-electron chi connectivity index (χ0n) is 20.2. The molecule has 2 aromatic carbocycles. The molecule has 0 saturated heterocycles. The van der Waals surface area contributed by atoms with Crippen LogP contribution in [0, 0.1) is 0 Å². The minimum absolute atomic E-state index is 0.213. The molecule has 9 nitrogen and oxygen atoms in total. The molecule has 0 radical (unpaired) electrons. The third kappa shape index (κ3) is 5.47. The maximum absolute atomic E-state index is 13.7. The molecule has 0 saturated carbocycles. The highest BCUT2D eigenvalue weighted by atomic mass is 79.9. The second-order valence-corrected chi connectivity index (χ2v) is 9.94. The Balaban J connectivity index is 1.92. The van der Waals surface area contributed by atoms with Gasteiger partial charge in [-0.05, 0) is 48.9 Å². The van der Waals surface area contributed by atoms with Crippen LogP contribution < -0.4 is 24.4 Å². The van der Waals surface area contributed by atoms with Gasteiger partial charge in [0.1, 0.15) is 11.5 Å². The summed E-state index contributed by atoms with van der Waals surface area (Å²) in [7, 11) is 1.26. The van der Waals surface area contributed by atoms with Gasteiger partial charge in [-0.15, -0.1) is 0 Å². The molecule has 37 heavy (non-hydrogen) atoms. The van der Waals surface area contributed by atoms with Crippen LogP contribution in [0.4, 0.5) is 0 Å². The van der Waals surface area contributed by atoms with Gasteiger partial charge in [0.2, 0.25) is 0 Å². The van der Waals surface area contributed by atoms with Crippen molar-refractivity contribution in [1.29, 1.82) is 0 Å². The summed E-state index contributed by atoms with van der Waals surface area (Å²) < 4.78 is 17.9. The summed E-state index contributed by atoms with van der Waals surface area (Å²) in [6, 6.07) is 10.8. The molecular weight excluding hydrogens is 564 g/mol. The molecule has 0 N–H and O–H groups in total. The summed E-state index contributed by atoms with van der Waals surface area (Å²) >= 11 is 4.55. The van der Waals surface area contributed by atoms with Crippen LogP contribution in [-0.2, 0) is 19.1 Å². The van der Waals surface area contributed by atoms with Crippen LogP contribution in [0.5, 0.6) is 11.5 Å². The lowest BCUT2D eigenvalue weighted by Gasteiger charge is -2.24. The highest BCUT2D eigenvalue weighted by Gasteiger charge is 2.33. The first kappa shape index (κ1) is 26.2. The highest BCUT2D eigenvalue weighted by Crippen LogP contribution is 2.31. The largest absolute Gasteiger partial charge is 0.466 e. The average Bonchev–Trinajstić information content (AvgIpc) is 3.13. The van der Waals surface area contributed by atoms with Crippen molar-refractivity contribution in [3.63, 3.8) is 0 Å². The van der Waals surface area contributed by atoms with E-state index in [9.17, 15) is 19.2 Å². The van der Waals surface area contributed by atoms with E-state index in [1.807, 2.05) is 0 Å². The lowest BCUT2D eigenvalue weighted by Crippen LogP contribution is -2.39. The van der Waals surface area contributed by atoms with Gasteiger partial charge >= 0.3 is 17.9 Å². The molecule has 1 aromatic heterocycles. The summed E-state index contributed by atoms with van der Waals surface area (Å²) in [6.45, 7) is 4.27. The van der Waals surface area contributed by atoms with E-state index < -0.39 is 23.9 Å². The second-order valence-electron chi connectivity index (χ2n) is 8.01. The number of allylic oxidation sites excluding steroid dienone is 1. The number of nitrogens with zero attached hydrogens (tertiary/aromatic N) is 2. The van der Waals surface area contributed by atoms with E-state index in [1.54, 1.807) is 55.5 Å². The van der Waals surface area contributed by atoms with E-state index in [1.165, 1.54) is 25.5 Å². The molecule has 190 valence electrons. The molecule has 4 rings (SSSR count). The summed E-state index contributed by atoms with van der Waals surface area (Å²) in [6.07, 6.45) is 1.62. The Kier molecular flexibility index (Phi) is 7.55. The smallest absolute Gasteiger partial charge is 0.338 e. The molecule has 1 aliphatic heterocycles. The Morgan fingerprint density at radius 3 is 2.35 bits per heavy atom. The number of halogens is 1. The van der Waals surface area contributed by atoms with Gasteiger partial charge in [0.15, 0.2) is 4.80 Å². The third-order valence-electron chi connectivity index (χ3n) is 5.40. The monoisotopic (exact) mass is 584 g/mol. The van der Waals surface area contributed by atoms with Crippen molar-refractivity contribution in [1.82, 2.24) is 4.57 Å². The lowest BCUT2D eigenvalue weighted by molar-refractivity contribution is -0.136. The van der Waals surface area contributed by atoms with E-state index in [2.05, 4.69) is 20.9 Å². The maximum atomic E-state index is 13.7. The van der Waals surface area contributed by atoms with Crippen LogP contribution >= 0.6 is 27.3 Å². The molecule has 0 bridgehead atoms. The van der Waals surface area contributed by atoms with Gasteiger partial charge in [0, 0.05) is 23.9 Å². The fourth-order valence-electron chi connectivity index (χ4n) is 3.91. The minimum atomic E-state index is -0.826. The number of ether oxygens (including phenoxy) is 3. The molecular formula is C26H21BrN2O7S. The van der Waals surface area contributed by atoms with Crippen LogP contribution in [0.25, 0.3) is 6.08 Å². The zero-order valence-corrected chi connectivity index (χ0v) is 22.6. The van der Waals surface area contributed by atoms with Crippen LogP contribution in [0.3, 0.4) is 0 Å². The molecule has 0 aliphatic carbocycles. The molecule has 11 heteroatoms. The molecule has 0 amide bonds. The number of carbonyl (C=O) groups is 3. The molecule has 1 atom stereocenters. The first-order chi connectivity index (χ1) is 17.6.